The van der Waals surface area contributed by atoms with E-state index in [1.807, 2.05) is 13.8 Å². The number of nitrogens with two attached hydrogens (primary N) is 1. The Morgan fingerprint density at radius 2 is 1.86 bits per heavy atom. The van der Waals surface area contributed by atoms with Crippen LogP contribution in [0.2, 0.25) is 0 Å². The van der Waals surface area contributed by atoms with E-state index in [4.69, 9.17) is 5.73 Å². The molecule has 0 aromatic heterocycles. The van der Waals surface area contributed by atoms with Gasteiger partial charge in [-0.05, 0) is 39.5 Å². The van der Waals surface area contributed by atoms with E-state index >= 15 is 0 Å². The minimum absolute atomic E-state index is 0.141. The standard InChI is InChI=1S/C10H14BrNO2/c1-5(2)9(12)6-3-7(11)10(14)8(13)4-6/h3-5,9,13-14H,12H2,1-2H3. The fourth-order valence-corrected chi connectivity index (χ4v) is 1.65. The summed E-state index contributed by atoms with van der Waals surface area (Å²) in [6.45, 7) is 4.00. The van der Waals surface area contributed by atoms with Crippen molar-refractivity contribution >= 4 is 15.9 Å². The zero-order valence-electron chi connectivity index (χ0n) is 8.16. The predicted octanol–water partition coefficient (Wildman–Crippen LogP) is 2.52. The number of aromatic hydroxyl groups is 2. The van der Waals surface area contributed by atoms with Crippen molar-refractivity contribution in [3.63, 3.8) is 0 Å². The molecule has 0 radical (unpaired) electrons. The molecule has 0 saturated carbocycles. The van der Waals surface area contributed by atoms with Gasteiger partial charge in [0.15, 0.2) is 11.5 Å². The largest absolute Gasteiger partial charge is 0.504 e. The van der Waals surface area contributed by atoms with E-state index in [1.165, 1.54) is 6.07 Å². The van der Waals surface area contributed by atoms with E-state index in [-0.39, 0.29) is 23.5 Å². The molecule has 0 saturated heterocycles. The first-order valence-electron chi connectivity index (χ1n) is 4.40. The number of phenols is 2. The molecule has 0 aliphatic carbocycles. The van der Waals surface area contributed by atoms with Gasteiger partial charge in [0.1, 0.15) is 0 Å². The molecule has 0 heterocycles. The van der Waals surface area contributed by atoms with Crippen molar-refractivity contribution in [2.75, 3.05) is 0 Å². The van der Waals surface area contributed by atoms with Crippen molar-refractivity contribution in [3.05, 3.63) is 22.2 Å². The van der Waals surface area contributed by atoms with Crippen molar-refractivity contribution in [3.8, 4) is 11.5 Å². The van der Waals surface area contributed by atoms with Crippen LogP contribution in [0.4, 0.5) is 0 Å². The van der Waals surface area contributed by atoms with Gasteiger partial charge in [0, 0.05) is 6.04 Å². The summed E-state index contributed by atoms with van der Waals surface area (Å²) in [7, 11) is 0. The van der Waals surface area contributed by atoms with E-state index in [1.54, 1.807) is 6.07 Å². The highest BCUT2D eigenvalue weighted by Crippen LogP contribution is 2.36. The lowest BCUT2D eigenvalue weighted by atomic mass is 9.97. The lowest BCUT2D eigenvalue weighted by molar-refractivity contribution is 0.399. The highest BCUT2D eigenvalue weighted by Gasteiger charge is 2.14. The molecule has 0 fully saturated rings. The van der Waals surface area contributed by atoms with Crippen LogP contribution < -0.4 is 5.73 Å². The predicted molar refractivity (Wildman–Crippen MR) is 59.2 cm³/mol. The number of hydrogen-bond acceptors (Lipinski definition) is 3. The number of rotatable bonds is 2. The van der Waals surface area contributed by atoms with Gasteiger partial charge >= 0.3 is 0 Å². The van der Waals surface area contributed by atoms with Crippen molar-refractivity contribution < 1.29 is 10.2 Å². The maximum absolute atomic E-state index is 9.38. The summed E-state index contributed by atoms with van der Waals surface area (Å²) < 4.78 is 0.462. The maximum Gasteiger partial charge on any atom is 0.171 e. The second-order valence-electron chi connectivity index (χ2n) is 3.64. The molecule has 0 bridgehead atoms. The Bertz CT molecular complexity index is 316. The molecule has 78 valence electrons. The topological polar surface area (TPSA) is 66.5 Å². The van der Waals surface area contributed by atoms with Crippen LogP contribution in [0.3, 0.4) is 0 Å². The Balaban J connectivity index is 3.12. The minimum Gasteiger partial charge on any atom is -0.504 e. The van der Waals surface area contributed by atoms with Crippen molar-refractivity contribution in [2.24, 2.45) is 11.7 Å². The Morgan fingerprint density at radius 3 is 2.29 bits per heavy atom. The zero-order valence-corrected chi connectivity index (χ0v) is 9.75. The molecule has 0 amide bonds. The molecule has 1 unspecified atom stereocenters. The highest BCUT2D eigenvalue weighted by molar-refractivity contribution is 9.10. The first-order chi connectivity index (χ1) is 6.43. The fraction of sp³-hybridized carbons (Fsp3) is 0.400. The maximum atomic E-state index is 9.38. The second kappa shape index (κ2) is 4.19. The van der Waals surface area contributed by atoms with Gasteiger partial charge in [-0.3, -0.25) is 0 Å². The molecule has 1 aromatic carbocycles. The van der Waals surface area contributed by atoms with Gasteiger partial charge in [-0.25, -0.2) is 0 Å². The summed E-state index contributed by atoms with van der Waals surface area (Å²) in [5.41, 5.74) is 6.72. The Labute approximate surface area is 91.7 Å². The minimum atomic E-state index is -0.148. The van der Waals surface area contributed by atoms with Crippen LogP contribution in [0, 0.1) is 5.92 Å². The van der Waals surface area contributed by atoms with E-state index in [2.05, 4.69) is 15.9 Å². The lowest BCUT2D eigenvalue weighted by Gasteiger charge is -2.17. The molecule has 1 rings (SSSR count). The lowest BCUT2D eigenvalue weighted by Crippen LogP contribution is -2.16. The van der Waals surface area contributed by atoms with Crippen molar-refractivity contribution in [1.29, 1.82) is 0 Å². The molecule has 14 heavy (non-hydrogen) atoms. The number of halogens is 1. The van der Waals surface area contributed by atoms with Gasteiger partial charge in [0.25, 0.3) is 0 Å². The normalized spacial score (nSPS) is 13.2. The molecule has 1 aromatic rings. The van der Waals surface area contributed by atoms with Crippen LogP contribution >= 0.6 is 15.9 Å². The second-order valence-corrected chi connectivity index (χ2v) is 4.49. The van der Waals surface area contributed by atoms with E-state index < -0.39 is 0 Å². The molecule has 4 N–H and O–H groups in total. The zero-order chi connectivity index (χ0) is 10.9. The van der Waals surface area contributed by atoms with Crippen LogP contribution in [0.15, 0.2) is 16.6 Å². The molecule has 0 spiro atoms. The van der Waals surface area contributed by atoms with Gasteiger partial charge in [0.05, 0.1) is 4.47 Å². The number of phenolic OH excluding ortho intramolecular Hbond substituents is 2. The van der Waals surface area contributed by atoms with Crippen LogP contribution in [-0.2, 0) is 0 Å². The monoisotopic (exact) mass is 259 g/mol. The number of benzene rings is 1. The summed E-state index contributed by atoms with van der Waals surface area (Å²) in [4.78, 5) is 0. The van der Waals surface area contributed by atoms with Crippen LogP contribution in [0.1, 0.15) is 25.5 Å². The number of hydrogen-bond donors (Lipinski definition) is 3. The van der Waals surface area contributed by atoms with Crippen LogP contribution in [0.5, 0.6) is 11.5 Å². The van der Waals surface area contributed by atoms with Gasteiger partial charge in [-0.2, -0.15) is 0 Å². The molecule has 0 aliphatic heterocycles. The summed E-state index contributed by atoms with van der Waals surface area (Å²) in [6.07, 6.45) is 0. The third-order valence-electron chi connectivity index (χ3n) is 2.17. The van der Waals surface area contributed by atoms with Gasteiger partial charge in [-0.15, -0.1) is 0 Å². The molecule has 3 nitrogen and oxygen atoms in total. The molecular formula is C10H14BrNO2. The Hall–Kier alpha value is -0.740. The fourth-order valence-electron chi connectivity index (χ4n) is 1.18. The third-order valence-corrected chi connectivity index (χ3v) is 2.77. The summed E-state index contributed by atoms with van der Waals surface area (Å²) in [5.74, 6) is -0.0129. The van der Waals surface area contributed by atoms with E-state index in [0.717, 1.165) is 5.56 Å². The summed E-state index contributed by atoms with van der Waals surface area (Å²) in [6, 6.07) is 3.07. The Morgan fingerprint density at radius 1 is 1.29 bits per heavy atom. The SMILES string of the molecule is CC(C)C(N)c1cc(O)c(O)c(Br)c1. The average Bonchev–Trinajstić information content (AvgIpc) is 2.12. The molecular weight excluding hydrogens is 246 g/mol. The average molecular weight is 260 g/mol. The quantitative estimate of drug-likeness (QED) is 0.716. The van der Waals surface area contributed by atoms with E-state index in [9.17, 15) is 10.2 Å². The first kappa shape index (κ1) is 11.3. The van der Waals surface area contributed by atoms with Gasteiger partial charge in [0.2, 0.25) is 0 Å². The molecule has 0 aliphatic rings. The van der Waals surface area contributed by atoms with Gasteiger partial charge < -0.3 is 15.9 Å². The smallest absolute Gasteiger partial charge is 0.171 e. The van der Waals surface area contributed by atoms with Crippen LogP contribution in [-0.4, -0.2) is 10.2 Å². The van der Waals surface area contributed by atoms with E-state index in [0.29, 0.717) is 4.47 Å². The van der Waals surface area contributed by atoms with Gasteiger partial charge in [-0.1, -0.05) is 13.8 Å². The Kier molecular flexibility index (Phi) is 3.39. The summed E-state index contributed by atoms with van der Waals surface area (Å²) >= 11 is 3.15. The molecule has 1 atom stereocenters. The highest BCUT2D eigenvalue weighted by atomic mass is 79.9. The summed E-state index contributed by atoms with van der Waals surface area (Å²) in [5, 5.41) is 18.7. The van der Waals surface area contributed by atoms with Crippen molar-refractivity contribution in [2.45, 2.75) is 19.9 Å². The van der Waals surface area contributed by atoms with Crippen molar-refractivity contribution in [1.82, 2.24) is 0 Å². The van der Waals surface area contributed by atoms with Crippen LogP contribution in [0.25, 0.3) is 0 Å². The first-order valence-corrected chi connectivity index (χ1v) is 5.19. The third kappa shape index (κ3) is 2.19. The molecule has 4 heteroatoms.